The highest BCUT2D eigenvalue weighted by atomic mass is 79.9. The summed E-state index contributed by atoms with van der Waals surface area (Å²) in [7, 11) is 0. The zero-order valence-electron chi connectivity index (χ0n) is 11.1. The summed E-state index contributed by atoms with van der Waals surface area (Å²) in [5.74, 6) is 0.939. The molecule has 2 heterocycles. The normalized spacial score (nSPS) is 12.7. The highest BCUT2D eigenvalue weighted by Gasteiger charge is 2.11. The molecule has 20 heavy (non-hydrogen) atoms. The number of nitrogens with zero attached hydrogens (tertiary/aromatic N) is 1. The molecule has 0 radical (unpaired) electrons. The van der Waals surface area contributed by atoms with E-state index in [0.717, 1.165) is 33.4 Å². The Balaban J connectivity index is 1.73. The molecule has 0 saturated heterocycles. The number of furan rings is 1. The smallest absolute Gasteiger partial charge is 0.134 e. The first-order valence-corrected chi connectivity index (χ1v) is 7.34. The number of benzene rings is 1. The summed E-state index contributed by atoms with van der Waals surface area (Å²) in [6.45, 7) is 2.82. The van der Waals surface area contributed by atoms with Crippen molar-refractivity contribution in [3.05, 3.63) is 64.6 Å². The maximum absolute atomic E-state index is 5.87. The number of aromatic nitrogens is 1. The minimum atomic E-state index is 0.142. The fourth-order valence-electron chi connectivity index (χ4n) is 2.11. The minimum Gasteiger partial charge on any atom is -0.459 e. The van der Waals surface area contributed by atoms with Crippen LogP contribution in [0.15, 0.2) is 57.6 Å². The Labute approximate surface area is 126 Å². The number of halogens is 1. The van der Waals surface area contributed by atoms with Crippen molar-refractivity contribution in [2.45, 2.75) is 19.5 Å². The summed E-state index contributed by atoms with van der Waals surface area (Å²) in [6.07, 6.45) is 1.81. The lowest BCUT2D eigenvalue weighted by atomic mass is 10.2. The van der Waals surface area contributed by atoms with E-state index in [-0.39, 0.29) is 6.04 Å². The van der Waals surface area contributed by atoms with Crippen molar-refractivity contribution in [2.24, 2.45) is 0 Å². The second-order valence-electron chi connectivity index (χ2n) is 4.75. The van der Waals surface area contributed by atoms with Gasteiger partial charge in [-0.3, -0.25) is 4.98 Å². The van der Waals surface area contributed by atoms with Crippen LogP contribution in [0.3, 0.4) is 0 Å². The SMILES string of the molecule is CC(NCc1ccccn1)c1cc2cc(Br)ccc2o1. The predicted molar refractivity (Wildman–Crippen MR) is 83.4 cm³/mol. The molecular formula is C16H15BrN2O. The molecule has 1 unspecified atom stereocenters. The average Bonchev–Trinajstić information content (AvgIpc) is 2.89. The number of pyridine rings is 1. The molecule has 1 atom stereocenters. The zero-order chi connectivity index (χ0) is 13.9. The van der Waals surface area contributed by atoms with Crippen molar-refractivity contribution >= 4 is 26.9 Å². The van der Waals surface area contributed by atoms with Gasteiger partial charge in [-0.15, -0.1) is 0 Å². The Morgan fingerprint density at radius 1 is 1.25 bits per heavy atom. The van der Waals surface area contributed by atoms with Crippen LogP contribution in [0.2, 0.25) is 0 Å². The summed E-state index contributed by atoms with van der Waals surface area (Å²) < 4.78 is 6.93. The fraction of sp³-hybridized carbons (Fsp3) is 0.188. The standard InChI is InChI=1S/C16H15BrN2O/c1-11(19-10-14-4-2-3-7-18-14)16-9-12-8-13(17)5-6-15(12)20-16/h2-9,11,19H,10H2,1H3. The molecule has 1 N–H and O–H groups in total. The van der Waals surface area contributed by atoms with Crippen LogP contribution in [0.1, 0.15) is 24.4 Å². The minimum absolute atomic E-state index is 0.142. The van der Waals surface area contributed by atoms with Gasteiger partial charge in [0, 0.05) is 22.6 Å². The van der Waals surface area contributed by atoms with Gasteiger partial charge in [-0.1, -0.05) is 22.0 Å². The predicted octanol–water partition coefficient (Wildman–Crippen LogP) is 4.44. The third-order valence-electron chi connectivity index (χ3n) is 3.24. The maximum Gasteiger partial charge on any atom is 0.134 e. The van der Waals surface area contributed by atoms with Gasteiger partial charge in [0.2, 0.25) is 0 Å². The largest absolute Gasteiger partial charge is 0.459 e. The molecule has 0 aliphatic heterocycles. The summed E-state index contributed by atoms with van der Waals surface area (Å²) in [6, 6.07) is 14.2. The Morgan fingerprint density at radius 2 is 2.15 bits per heavy atom. The molecule has 0 amide bonds. The van der Waals surface area contributed by atoms with Gasteiger partial charge in [-0.25, -0.2) is 0 Å². The van der Waals surface area contributed by atoms with E-state index in [2.05, 4.69) is 45.3 Å². The molecule has 0 aliphatic rings. The van der Waals surface area contributed by atoms with E-state index >= 15 is 0 Å². The van der Waals surface area contributed by atoms with E-state index in [1.165, 1.54) is 0 Å². The van der Waals surface area contributed by atoms with Gasteiger partial charge >= 0.3 is 0 Å². The molecule has 3 rings (SSSR count). The van der Waals surface area contributed by atoms with Gasteiger partial charge < -0.3 is 9.73 Å². The van der Waals surface area contributed by atoms with Crippen LogP contribution in [0.25, 0.3) is 11.0 Å². The van der Waals surface area contributed by atoms with E-state index in [4.69, 9.17) is 4.42 Å². The first kappa shape index (κ1) is 13.3. The molecule has 3 nitrogen and oxygen atoms in total. The van der Waals surface area contributed by atoms with Gasteiger partial charge in [0.25, 0.3) is 0 Å². The number of fused-ring (bicyclic) bond motifs is 1. The lowest BCUT2D eigenvalue weighted by molar-refractivity contribution is 0.449. The van der Waals surface area contributed by atoms with E-state index in [9.17, 15) is 0 Å². The van der Waals surface area contributed by atoms with Crippen molar-refractivity contribution in [3.8, 4) is 0 Å². The molecule has 102 valence electrons. The van der Waals surface area contributed by atoms with Crippen molar-refractivity contribution < 1.29 is 4.42 Å². The Kier molecular flexibility index (Phi) is 3.85. The van der Waals surface area contributed by atoms with Crippen molar-refractivity contribution in [1.82, 2.24) is 10.3 Å². The number of hydrogen-bond acceptors (Lipinski definition) is 3. The summed E-state index contributed by atoms with van der Waals surface area (Å²) in [5.41, 5.74) is 1.94. The first-order chi connectivity index (χ1) is 9.72. The molecule has 4 heteroatoms. The van der Waals surface area contributed by atoms with E-state index < -0.39 is 0 Å². The van der Waals surface area contributed by atoms with E-state index in [1.807, 2.05) is 30.3 Å². The van der Waals surface area contributed by atoms with Crippen LogP contribution in [-0.4, -0.2) is 4.98 Å². The van der Waals surface area contributed by atoms with Crippen LogP contribution >= 0.6 is 15.9 Å². The third-order valence-corrected chi connectivity index (χ3v) is 3.73. The molecule has 0 spiro atoms. The second-order valence-corrected chi connectivity index (χ2v) is 5.67. The summed E-state index contributed by atoms with van der Waals surface area (Å²) in [4.78, 5) is 4.30. The fourth-order valence-corrected chi connectivity index (χ4v) is 2.49. The van der Waals surface area contributed by atoms with Crippen LogP contribution in [-0.2, 0) is 6.54 Å². The Morgan fingerprint density at radius 3 is 2.95 bits per heavy atom. The van der Waals surface area contributed by atoms with Gasteiger partial charge in [0.1, 0.15) is 11.3 Å². The molecular weight excluding hydrogens is 316 g/mol. The summed E-state index contributed by atoms with van der Waals surface area (Å²) >= 11 is 3.47. The van der Waals surface area contributed by atoms with Crippen molar-refractivity contribution in [3.63, 3.8) is 0 Å². The van der Waals surface area contributed by atoms with E-state index in [1.54, 1.807) is 6.20 Å². The molecule has 0 fully saturated rings. The average molecular weight is 331 g/mol. The topological polar surface area (TPSA) is 38.1 Å². The molecule has 0 saturated carbocycles. The molecule has 0 bridgehead atoms. The Hall–Kier alpha value is -1.65. The molecule has 3 aromatic rings. The van der Waals surface area contributed by atoms with Crippen LogP contribution in [0, 0.1) is 0 Å². The van der Waals surface area contributed by atoms with Crippen molar-refractivity contribution in [1.29, 1.82) is 0 Å². The van der Waals surface area contributed by atoms with Gasteiger partial charge in [-0.05, 0) is 43.3 Å². The monoisotopic (exact) mass is 330 g/mol. The highest BCUT2D eigenvalue weighted by molar-refractivity contribution is 9.10. The van der Waals surface area contributed by atoms with Crippen LogP contribution in [0.5, 0.6) is 0 Å². The van der Waals surface area contributed by atoms with Gasteiger partial charge in [0.05, 0.1) is 11.7 Å². The number of rotatable bonds is 4. The lowest BCUT2D eigenvalue weighted by Gasteiger charge is -2.10. The number of hydrogen-bond donors (Lipinski definition) is 1. The maximum atomic E-state index is 5.87. The molecule has 2 aromatic heterocycles. The van der Waals surface area contributed by atoms with Crippen molar-refractivity contribution in [2.75, 3.05) is 0 Å². The number of nitrogens with one attached hydrogen (secondary N) is 1. The van der Waals surface area contributed by atoms with Crippen LogP contribution < -0.4 is 5.32 Å². The first-order valence-electron chi connectivity index (χ1n) is 6.54. The van der Waals surface area contributed by atoms with E-state index in [0.29, 0.717) is 0 Å². The van der Waals surface area contributed by atoms with Gasteiger partial charge in [0.15, 0.2) is 0 Å². The zero-order valence-corrected chi connectivity index (χ0v) is 12.7. The second kappa shape index (κ2) is 5.77. The molecule has 0 aliphatic carbocycles. The lowest BCUT2D eigenvalue weighted by Crippen LogP contribution is -2.18. The Bertz CT molecular complexity index is 709. The van der Waals surface area contributed by atoms with Gasteiger partial charge in [-0.2, -0.15) is 0 Å². The third kappa shape index (κ3) is 2.92. The molecule has 1 aromatic carbocycles. The highest BCUT2D eigenvalue weighted by Crippen LogP contribution is 2.26. The summed E-state index contributed by atoms with van der Waals surface area (Å²) in [5, 5.41) is 4.53. The quantitative estimate of drug-likeness (QED) is 0.768. The van der Waals surface area contributed by atoms with Crippen LogP contribution in [0.4, 0.5) is 0 Å².